The number of hydrogen-bond donors (Lipinski definition) is 0. The van der Waals surface area contributed by atoms with Gasteiger partial charge in [0.2, 0.25) is 0 Å². The van der Waals surface area contributed by atoms with E-state index in [1.54, 1.807) is 12.1 Å². The van der Waals surface area contributed by atoms with Crippen molar-refractivity contribution in [3.63, 3.8) is 0 Å². The zero-order chi connectivity index (χ0) is 20.5. The van der Waals surface area contributed by atoms with Crippen molar-refractivity contribution >= 4 is 17.3 Å². The molecule has 0 unspecified atom stereocenters. The van der Waals surface area contributed by atoms with Crippen molar-refractivity contribution in [2.45, 2.75) is 20.8 Å². The van der Waals surface area contributed by atoms with Crippen LogP contribution in [0.2, 0.25) is 0 Å². The molecule has 1 fully saturated rings. The van der Waals surface area contributed by atoms with E-state index in [4.69, 9.17) is 0 Å². The van der Waals surface area contributed by atoms with Gasteiger partial charge in [0.05, 0.1) is 16.3 Å². The Labute approximate surface area is 197 Å². The number of nitro groups is 1. The van der Waals surface area contributed by atoms with Gasteiger partial charge in [0.15, 0.2) is 0 Å². The largest absolute Gasteiger partial charge is 2.00 e. The quantitative estimate of drug-likeness (QED) is 0.201. The minimum atomic E-state index is -0.537. The molecule has 30 heavy (non-hydrogen) atoms. The molecule has 1 aliphatic carbocycles. The summed E-state index contributed by atoms with van der Waals surface area (Å²) in [5.74, 6) is 2.88. The van der Waals surface area contributed by atoms with Gasteiger partial charge in [-0.25, -0.2) is 0 Å². The van der Waals surface area contributed by atoms with E-state index in [-0.39, 0.29) is 49.0 Å². The van der Waals surface area contributed by atoms with Gasteiger partial charge in [0.25, 0.3) is 5.69 Å². The second-order valence-electron chi connectivity index (χ2n) is 6.47. The Bertz CT molecular complexity index is 795. The summed E-state index contributed by atoms with van der Waals surface area (Å²) >= 11 is 0. The minimum absolute atomic E-state index is 0. The number of benzene rings is 1. The van der Waals surface area contributed by atoms with Crippen LogP contribution in [0.25, 0.3) is 0 Å². The van der Waals surface area contributed by atoms with Gasteiger partial charge in [0, 0.05) is 24.2 Å². The van der Waals surface area contributed by atoms with Crippen LogP contribution in [0.1, 0.15) is 26.5 Å². The maximum atomic E-state index is 11.7. The van der Waals surface area contributed by atoms with Gasteiger partial charge in [-0.3, -0.25) is 20.1 Å². The molecule has 3 rings (SSSR count). The summed E-state index contributed by atoms with van der Waals surface area (Å²) in [5, 5.41) is 22.3. The summed E-state index contributed by atoms with van der Waals surface area (Å²) in [6, 6.07) is 10.5. The monoisotopic (exact) mass is 513 g/mol. The molecule has 1 aliphatic rings. The fraction of sp³-hybridized carbons (Fsp3) is 0.182. The summed E-state index contributed by atoms with van der Waals surface area (Å²) < 4.78 is 0. The first-order valence-electron chi connectivity index (χ1n) is 8.85. The number of halogens is 1. The van der Waals surface area contributed by atoms with Crippen LogP contribution in [0.3, 0.4) is 0 Å². The molecule has 8 heteroatoms. The minimum Gasteiger partial charge on any atom is -1.00 e. The van der Waals surface area contributed by atoms with Crippen molar-refractivity contribution in [2.24, 2.45) is 10.9 Å². The van der Waals surface area contributed by atoms with E-state index in [1.165, 1.54) is 48.4 Å². The van der Waals surface area contributed by atoms with Gasteiger partial charge in [-0.05, 0) is 61.6 Å². The summed E-state index contributed by atoms with van der Waals surface area (Å²) in [4.78, 5) is 17.7. The summed E-state index contributed by atoms with van der Waals surface area (Å²) in [6.07, 6.45) is 10.2. The Morgan fingerprint density at radius 2 is 1.73 bits per heavy atom. The van der Waals surface area contributed by atoms with Crippen LogP contribution in [0, 0.1) is 53.6 Å². The fourth-order valence-electron chi connectivity index (χ4n) is 2.29. The molecule has 0 bridgehead atoms. The van der Waals surface area contributed by atoms with E-state index in [0.717, 1.165) is 0 Å². The maximum absolute atomic E-state index is 11.7. The Morgan fingerprint density at radius 1 is 1.07 bits per heavy atom. The van der Waals surface area contributed by atoms with Crippen LogP contribution >= 0.6 is 0 Å². The molecule has 1 aromatic heterocycles. The van der Waals surface area contributed by atoms with E-state index >= 15 is 0 Å². The number of aliphatic imine (C=N–C) groups is 1. The molecule has 158 valence electrons. The van der Waals surface area contributed by atoms with Crippen LogP contribution in [-0.2, 0) is 19.5 Å². The summed E-state index contributed by atoms with van der Waals surface area (Å²) in [7, 11) is 0. The van der Waals surface area contributed by atoms with Gasteiger partial charge >= 0.3 is 19.5 Å². The first kappa shape index (κ1) is 28.2. The third-order valence-electron chi connectivity index (χ3n) is 3.90. The van der Waals surface area contributed by atoms with Crippen molar-refractivity contribution in [2.75, 3.05) is 0 Å². The molecule has 0 aliphatic heterocycles. The average molecular weight is 513 g/mol. The Balaban J connectivity index is 0.000000604. The molecule has 6 radical (unpaired) electrons. The maximum Gasteiger partial charge on any atom is 2.00 e. The number of aromatic nitrogens is 1. The van der Waals surface area contributed by atoms with E-state index < -0.39 is 10.8 Å². The van der Waals surface area contributed by atoms with E-state index in [9.17, 15) is 15.2 Å². The molecule has 1 heterocycles. The molecule has 6 nitrogen and oxygen atoms in total. The summed E-state index contributed by atoms with van der Waals surface area (Å²) in [6.45, 7) is 6.54. The number of hydrogen-bond acceptors (Lipinski definition) is 5. The van der Waals surface area contributed by atoms with Crippen molar-refractivity contribution < 1.29 is 41.9 Å². The van der Waals surface area contributed by atoms with Gasteiger partial charge in [-0.1, -0.05) is 32.9 Å². The van der Waals surface area contributed by atoms with Gasteiger partial charge in [0.1, 0.15) is 0 Å². The van der Waals surface area contributed by atoms with Crippen LogP contribution in [-0.4, -0.2) is 15.8 Å². The van der Waals surface area contributed by atoms with Crippen LogP contribution in [0.15, 0.2) is 53.7 Å². The van der Waals surface area contributed by atoms with E-state index in [0.29, 0.717) is 5.92 Å². The van der Waals surface area contributed by atoms with Crippen molar-refractivity contribution in [3.8, 4) is 0 Å². The second kappa shape index (κ2) is 14.2. The van der Waals surface area contributed by atoms with Crippen molar-refractivity contribution in [1.82, 2.24) is 4.98 Å². The number of pyridine rings is 1. The van der Waals surface area contributed by atoms with Gasteiger partial charge in [-0.2, -0.15) is 0 Å². The standard InChI is InChI=1S/C12H9N3O3.C10H14.ClH.Ru/c16-12(11-6-1-2-7-13-11)14-9-4-3-5-10(8-9)15(17)18;1-8(2)10-6-4-9(3)5-7-10;;/h1-8H,(H,14,16);4-8H,1-3H3;1H;/q;;;+2/p-2. The molecule has 0 spiro atoms. The number of rotatable bonds is 4. The molecule has 0 saturated heterocycles. The van der Waals surface area contributed by atoms with Crippen LogP contribution < -0.4 is 17.5 Å². The normalized spacial score (nSPS) is 14.7. The van der Waals surface area contributed by atoms with Crippen molar-refractivity contribution in [3.05, 3.63) is 102 Å². The smallest absolute Gasteiger partial charge is 1.00 e. The fourth-order valence-corrected chi connectivity index (χ4v) is 2.29. The number of nitro benzene ring substituents is 1. The predicted molar refractivity (Wildman–Crippen MR) is 108 cm³/mol. The Kier molecular flexibility index (Phi) is 13.3. The van der Waals surface area contributed by atoms with Crippen LogP contribution in [0.4, 0.5) is 11.4 Å². The average Bonchev–Trinajstić information content (AvgIpc) is 2.69. The molecular weight excluding hydrogens is 491 g/mol. The van der Waals surface area contributed by atoms with Crippen LogP contribution in [0.5, 0.6) is 0 Å². The Morgan fingerprint density at radius 3 is 2.27 bits per heavy atom. The molecule has 1 saturated carbocycles. The molecular formula is C22H22ClN3O3Ru. The Hall–Kier alpha value is -1.85. The molecule has 2 aromatic rings. The molecule has 0 amide bonds. The van der Waals surface area contributed by atoms with E-state index in [2.05, 4.69) is 56.4 Å². The second-order valence-corrected chi connectivity index (χ2v) is 6.47. The summed E-state index contributed by atoms with van der Waals surface area (Å²) in [5.41, 5.74) is 0.328. The SMILES string of the molecule is C[C]1[CH][CH][C](C(C)C)[CH][CH]1.O=[N+]([O-])c1cccc(N=C([O-])c2ccccn2)c1.[Cl-].[Ru+2]. The molecule has 0 atom stereocenters. The van der Waals surface area contributed by atoms with Gasteiger partial charge in [-0.15, -0.1) is 0 Å². The van der Waals surface area contributed by atoms with Gasteiger partial charge < -0.3 is 17.5 Å². The van der Waals surface area contributed by atoms with E-state index in [1.807, 2.05) is 0 Å². The first-order chi connectivity index (χ1) is 13.4. The molecule has 1 aromatic carbocycles. The molecule has 0 N–H and O–H groups in total. The zero-order valence-electron chi connectivity index (χ0n) is 16.8. The number of non-ortho nitro benzene ring substituents is 1. The third kappa shape index (κ3) is 9.31. The first-order valence-corrected chi connectivity index (χ1v) is 8.85. The third-order valence-corrected chi connectivity index (χ3v) is 3.90. The van der Waals surface area contributed by atoms with Crippen molar-refractivity contribution in [1.29, 1.82) is 0 Å². The zero-order valence-corrected chi connectivity index (χ0v) is 19.3. The topological polar surface area (TPSA) is 91.5 Å². The predicted octanol–water partition coefficient (Wildman–Crippen LogP) is 1.07. The number of nitrogens with zero attached hydrogens (tertiary/aromatic N) is 3.